The van der Waals surface area contributed by atoms with E-state index in [9.17, 15) is 4.79 Å². The van der Waals surface area contributed by atoms with Crippen LogP contribution in [-0.2, 0) is 23.0 Å². The Bertz CT molecular complexity index is 568. The third-order valence-corrected chi connectivity index (χ3v) is 3.20. The van der Waals surface area contributed by atoms with E-state index in [1.807, 2.05) is 30.3 Å². The van der Waals surface area contributed by atoms with Crippen LogP contribution in [0.1, 0.15) is 23.8 Å². The summed E-state index contributed by atoms with van der Waals surface area (Å²) >= 11 is 0. The molecule has 0 aliphatic heterocycles. The van der Waals surface area contributed by atoms with Crippen LogP contribution in [0.25, 0.3) is 0 Å². The lowest BCUT2D eigenvalue weighted by Gasteiger charge is -2.16. The molecule has 0 saturated carbocycles. The predicted octanol–water partition coefficient (Wildman–Crippen LogP) is 1.25. The molecule has 6 heteroatoms. The van der Waals surface area contributed by atoms with Crippen LogP contribution in [0.5, 0.6) is 0 Å². The summed E-state index contributed by atoms with van der Waals surface area (Å²) in [7, 11) is 3.40. The highest BCUT2D eigenvalue weighted by Gasteiger charge is 2.12. The Hall–Kier alpha value is -2.21. The molecule has 1 heterocycles. The lowest BCUT2D eigenvalue weighted by atomic mass is 10.1. The highest BCUT2D eigenvalue weighted by atomic mass is 16.5. The molecule has 0 bridgehead atoms. The first-order valence-corrected chi connectivity index (χ1v) is 6.88. The molecule has 0 aliphatic carbocycles. The van der Waals surface area contributed by atoms with Crippen molar-refractivity contribution in [2.45, 2.75) is 18.9 Å². The fourth-order valence-corrected chi connectivity index (χ4v) is 2.04. The van der Waals surface area contributed by atoms with E-state index in [1.165, 1.54) is 4.80 Å². The van der Waals surface area contributed by atoms with Crippen molar-refractivity contribution in [1.82, 2.24) is 20.3 Å². The van der Waals surface area contributed by atoms with Crippen molar-refractivity contribution in [2.75, 3.05) is 13.7 Å². The molecular formula is C15H20N4O2. The molecule has 1 unspecified atom stereocenters. The molecule has 6 nitrogen and oxygen atoms in total. The molecule has 2 rings (SSSR count). The first kappa shape index (κ1) is 15.2. The minimum atomic E-state index is -0.133. The van der Waals surface area contributed by atoms with Crippen LogP contribution >= 0.6 is 0 Å². The van der Waals surface area contributed by atoms with Crippen LogP contribution in [0.15, 0.2) is 36.5 Å². The molecule has 1 N–H and O–H groups in total. The summed E-state index contributed by atoms with van der Waals surface area (Å²) in [6.07, 6.45) is 2.52. The van der Waals surface area contributed by atoms with Crippen molar-refractivity contribution in [3.63, 3.8) is 0 Å². The van der Waals surface area contributed by atoms with E-state index in [0.29, 0.717) is 19.4 Å². The van der Waals surface area contributed by atoms with Crippen molar-refractivity contribution < 1.29 is 9.53 Å². The molecule has 0 spiro atoms. The largest absolute Gasteiger partial charge is 0.375 e. The van der Waals surface area contributed by atoms with Gasteiger partial charge >= 0.3 is 0 Å². The summed E-state index contributed by atoms with van der Waals surface area (Å²) in [6.45, 7) is 0.458. The fraction of sp³-hybridized carbons (Fsp3) is 0.400. The highest BCUT2D eigenvalue weighted by molar-refractivity contribution is 5.76. The van der Waals surface area contributed by atoms with Crippen LogP contribution < -0.4 is 5.32 Å². The number of nitrogens with zero attached hydrogens (tertiary/aromatic N) is 3. The van der Waals surface area contributed by atoms with Crippen LogP contribution in [0, 0.1) is 0 Å². The maximum atomic E-state index is 11.9. The first-order chi connectivity index (χ1) is 10.2. The van der Waals surface area contributed by atoms with Crippen LogP contribution in [0.2, 0.25) is 0 Å². The number of rotatable bonds is 7. The van der Waals surface area contributed by atoms with Gasteiger partial charge in [-0.15, -0.1) is 0 Å². The van der Waals surface area contributed by atoms with Crippen molar-refractivity contribution >= 4 is 5.91 Å². The van der Waals surface area contributed by atoms with Crippen LogP contribution in [-0.4, -0.2) is 34.6 Å². The van der Waals surface area contributed by atoms with Gasteiger partial charge in [0.05, 0.1) is 18.0 Å². The van der Waals surface area contributed by atoms with Gasteiger partial charge in [-0.3, -0.25) is 4.79 Å². The van der Waals surface area contributed by atoms with E-state index in [2.05, 4.69) is 15.5 Å². The number of hydrogen-bond acceptors (Lipinski definition) is 4. The van der Waals surface area contributed by atoms with E-state index in [-0.39, 0.29) is 12.0 Å². The van der Waals surface area contributed by atoms with Gasteiger partial charge in [-0.1, -0.05) is 30.3 Å². The Morgan fingerprint density at radius 1 is 1.38 bits per heavy atom. The van der Waals surface area contributed by atoms with Gasteiger partial charge in [-0.2, -0.15) is 15.0 Å². The third-order valence-electron chi connectivity index (χ3n) is 3.20. The maximum Gasteiger partial charge on any atom is 0.220 e. The van der Waals surface area contributed by atoms with E-state index >= 15 is 0 Å². The summed E-state index contributed by atoms with van der Waals surface area (Å²) in [4.78, 5) is 13.3. The molecule has 1 amide bonds. The molecule has 1 aromatic carbocycles. The number of nitrogens with one attached hydrogen (secondary N) is 1. The summed E-state index contributed by atoms with van der Waals surface area (Å²) in [5.74, 6) is -0.0152. The Labute approximate surface area is 124 Å². The molecule has 0 fully saturated rings. The van der Waals surface area contributed by atoms with Crippen molar-refractivity contribution in [2.24, 2.45) is 7.05 Å². The first-order valence-electron chi connectivity index (χ1n) is 6.88. The van der Waals surface area contributed by atoms with E-state index in [0.717, 1.165) is 11.3 Å². The number of carbonyl (C=O) groups excluding carboxylic acids is 1. The summed E-state index contributed by atoms with van der Waals surface area (Å²) < 4.78 is 5.41. The zero-order chi connectivity index (χ0) is 15.1. The van der Waals surface area contributed by atoms with E-state index in [1.54, 1.807) is 20.4 Å². The molecule has 0 saturated heterocycles. The van der Waals surface area contributed by atoms with Crippen LogP contribution in [0.3, 0.4) is 0 Å². The predicted molar refractivity (Wildman–Crippen MR) is 78.5 cm³/mol. The number of methoxy groups -OCH3 is 1. The van der Waals surface area contributed by atoms with Gasteiger partial charge in [0.15, 0.2) is 0 Å². The normalized spacial score (nSPS) is 12.1. The second kappa shape index (κ2) is 7.54. The smallest absolute Gasteiger partial charge is 0.220 e. The number of amides is 1. The molecular weight excluding hydrogens is 268 g/mol. The topological polar surface area (TPSA) is 69.0 Å². The lowest BCUT2D eigenvalue weighted by Crippen LogP contribution is -2.29. The van der Waals surface area contributed by atoms with Gasteiger partial charge < -0.3 is 10.1 Å². The summed E-state index contributed by atoms with van der Waals surface area (Å²) in [5.41, 5.74) is 1.87. The summed E-state index contributed by atoms with van der Waals surface area (Å²) in [5, 5.41) is 11.0. The van der Waals surface area contributed by atoms with Gasteiger partial charge in [0.2, 0.25) is 5.91 Å². The number of benzene rings is 1. The monoisotopic (exact) mass is 288 g/mol. The van der Waals surface area contributed by atoms with Gasteiger partial charge in [0, 0.05) is 33.5 Å². The standard InChI is InChI=1S/C15H20N4O2/c1-19-17-10-13(18-19)8-9-15(20)16-11-14(21-2)12-6-4-3-5-7-12/h3-7,10,14H,8-9,11H2,1-2H3,(H,16,20). The van der Waals surface area contributed by atoms with E-state index < -0.39 is 0 Å². The molecule has 1 aromatic heterocycles. The van der Waals surface area contributed by atoms with Crippen molar-refractivity contribution in [3.05, 3.63) is 47.8 Å². The number of aromatic nitrogens is 3. The Morgan fingerprint density at radius 3 is 2.76 bits per heavy atom. The van der Waals surface area contributed by atoms with Gasteiger partial charge in [-0.25, -0.2) is 0 Å². The van der Waals surface area contributed by atoms with Gasteiger partial charge in [0.25, 0.3) is 0 Å². The quantitative estimate of drug-likeness (QED) is 0.832. The molecule has 112 valence electrons. The number of hydrogen-bond donors (Lipinski definition) is 1. The highest BCUT2D eigenvalue weighted by Crippen LogP contribution is 2.14. The SMILES string of the molecule is COC(CNC(=O)CCc1cnn(C)n1)c1ccccc1. The molecule has 2 aromatic rings. The minimum Gasteiger partial charge on any atom is -0.375 e. The van der Waals surface area contributed by atoms with Gasteiger partial charge in [-0.05, 0) is 5.56 Å². The zero-order valence-corrected chi connectivity index (χ0v) is 12.3. The Morgan fingerprint density at radius 2 is 2.14 bits per heavy atom. The Kier molecular flexibility index (Phi) is 5.45. The molecule has 0 radical (unpaired) electrons. The minimum absolute atomic E-state index is 0.0152. The third kappa shape index (κ3) is 4.68. The lowest BCUT2D eigenvalue weighted by molar-refractivity contribution is -0.121. The second-order valence-electron chi connectivity index (χ2n) is 4.76. The van der Waals surface area contributed by atoms with Crippen molar-refractivity contribution in [3.8, 4) is 0 Å². The van der Waals surface area contributed by atoms with Crippen molar-refractivity contribution in [1.29, 1.82) is 0 Å². The summed E-state index contributed by atoms with van der Waals surface area (Å²) in [6, 6.07) is 9.84. The number of aryl methyl sites for hydroxylation is 2. The maximum absolute atomic E-state index is 11.9. The van der Waals surface area contributed by atoms with Gasteiger partial charge in [0.1, 0.15) is 0 Å². The van der Waals surface area contributed by atoms with Crippen LogP contribution in [0.4, 0.5) is 0 Å². The number of carbonyl (C=O) groups is 1. The second-order valence-corrected chi connectivity index (χ2v) is 4.76. The molecule has 0 aliphatic rings. The average molecular weight is 288 g/mol. The number of ether oxygens (including phenoxy) is 1. The zero-order valence-electron chi connectivity index (χ0n) is 12.3. The Balaban J connectivity index is 1.77. The molecule has 1 atom stereocenters. The van der Waals surface area contributed by atoms with E-state index in [4.69, 9.17) is 4.74 Å². The molecule has 21 heavy (non-hydrogen) atoms. The average Bonchev–Trinajstić information content (AvgIpc) is 2.92. The fourth-order valence-electron chi connectivity index (χ4n) is 2.04.